The van der Waals surface area contributed by atoms with Gasteiger partial charge in [-0.3, -0.25) is 9.59 Å². The smallest absolute Gasteiger partial charge is 0.243 e. The Labute approximate surface area is 187 Å². The van der Waals surface area contributed by atoms with Crippen LogP contribution < -0.4 is 15.5 Å². The summed E-state index contributed by atoms with van der Waals surface area (Å²) in [5.41, 5.74) is 1.67. The van der Waals surface area contributed by atoms with Crippen molar-refractivity contribution < 1.29 is 22.4 Å². The highest BCUT2D eigenvalue weighted by molar-refractivity contribution is 7.89. The van der Waals surface area contributed by atoms with E-state index in [0.29, 0.717) is 30.0 Å². The minimum atomic E-state index is -3.73. The normalized spacial score (nSPS) is 15.8. The highest BCUT2D eigenvalue weighted by atomic mass is 32.2. The fourth-order valence-electron chi connectivity index (χ4n) is 3.77. The number of nitrogens with one attached hydrogen (secondary N) is 2. The van der Waals surface area contributed by atoms with E-state index in [9.17, 15) is 22.4 Å². The highest BCUT2D eigenvalue weighted by Gasteiger charge is 2.32. The molecule has 2 aromatic rings. The SMILES string of the molecule is CCN(CC)S(=O)(=O)c1ccc(N(C)C)c(NC(=O)C2CC(=O)Nc3cc(F)ccc32)c1. The van der Waals surface area contributed by atoms with Crippen molar-refractivity contribution in [2.75, 3.05) is 42.7 Å². The van der Waals surface area contributed by atoms with Crippen molar-refractivity contribution in [1.29, 1.82) is 0 Å². The Balaban J connectivity index is 1.99. The summed E-state index contributed by atoms with van der Waals surface area (Å²) in [7, 11) is -0.184. The van der Waals surface area contributed by atoms with E-state index in [4.69, 9.17) is 0 Å². The molecule has 0 fully saturated rings. The van der Waals surface area contributed by atoms with Crippen molar-refractivity contribution in [3.05, 3.63) is 47.8 Å². The third kappa shape index (κ3) is 4.61. The Hall–Kier alpha value is -2.98. The van der Waals surface area contributed by atoms with E-state index in [1.807, 2.05) is 0 Å². The van der Waals surface area contributed by atoms with Gasteiger partial charge in [-0.25, -0.2) is 12.8 Å². The van der Waals surface area contributed by atoms with Crippen LogP contribution in [-0.2, 0) is 19.6 Å². The molecule has 1 aliphatic heterocycles. The van der Waals surface area contributed by atoms with E-state index in [1.165, 1.54) is 34.6 Å². The number of carbonyl (C=O) groups excluding carboxylic acids is 2. The first kappa shape index (κ1) is 23.7. The van der Waals surface area contributed by atoms with Crippen LogP contribution in [0.3, 0.4) is 0 Å². The predicted molar refractivity (Wildman–Crippen MR) is 122 cm³/mol. The van der Waals surface area contributed by atoms with Gasteiger partial charge in [0.1, 0.15) is 5.82 Å². The highest BCUT2D eigenvalue weighted by Crippen LogP contribution is 2.35. The summed E-state index contributed by atoms with van der Waals surface area (Å²) in [6.07, 6.45) is -0.0980. The molecule has 32 heavy (non-hydrogen) atoms. The summed E-state index contributed by atoms with van der Waals surface area (Å²) in [6, 6.07) is 8.44. The molecule has 2 N–H and O–H groups in total. The molecule has 10 heteroatoms. The number of fused-ring (bicyclic) bond motifs is 1. The van der Waals surface area contributed by atoms with Crippen LogP contribution in [0, 0.1) is 5.82 Å². The van der Waals surface area contributed by atoms with Crippen LogP contribution in [0.2, 0.25) is 0 Å². The molecule has 1 aliphatic rings. The summed E-state index contributed by atoms with van der Waals surface area (Å²) >= 11 is 0. The van der Waals surface area contributed by atoms with E-state index < -0.39 is 33.6 Å². The van der Waals surface area contributed by atoms with Crippen LogP contribution in [0.25, 0.3) is 0 Å². The van der Waals surface area contributed by atoms with E-state index in [0.717, 1.165) is 0 Å². The number of benzene rings is 2. The van der Waals surface area contributed by atoms with Crippen LogP contribution in [0.4, 0.5) is 21.5 Å². The average Bonchev–Trinajstić information content (AvgIpc) is 2.73. The predicted octanol–water partition coefficient (Wildman–Crippen LogP) is 2.99. The number of carbonyl (C=O) groups is 2. The zero-order valence-corrected chi connectivity index (χ0v) is 19.3. The minimum absolute atomic E-state index is 0.0611. The number of anilines is 3. The van der Waals surface area contributed by atoms with Crippen LogP contribution in [0.5, 0.6) is 0 Å². The van der Waals surface area contributed by atoms with Gasteiger partial charge in [-0.1, -0.05) is 19.9 Å². The largest absolute Gasteiger partial charge is 0.376 e. The van der Waals surface area contributed by atoms with Gasteiger partial charge in [-0.2, -0.15) is 4.31 Å². The zero-order chi connectivity index (χ0) is 23.6. The fraction of sp³-hybridized carbons (Fsp3) is 0.364. The molecule has 0 aromatic heterocycles. The van der Waals surface area contributed by atoms with Crippen molar-refractivity contribution in [3.8, 4) is 0 Å². The molecule has 0 bridgehead atoms. The van der Waals surface area contributed by atoms with E-state index in [1.54, 1.807) is 38.9 Å². The quantitative estimate of drug-likeness (QED) is 0.659. The lowest BCUT2D eigenvalue weighted by Crippen LogP contribution is -2.32. The van der Waals surface area contributed by atoms with Gasteiger partial charge in [0, 0.05) is 39.3 Å². The molecule has 8 nitrogen and oxygen atoms in total. The van der Waals surface area contributed by atoms with E-state index in [-0.39, 0.29) is 17.0 Å². The summed E-state index contributed by atoms with van der Waals surface area (Å²) in [4.78, 5) is 27.1. The van der Waals surface area contributed by atoms with Gasteiger partial charge in [0.25, 0.3) is 0 Å². The van der Waals surface area contributed by atoms with Gasteiger partial charge in [0.05, 0.1) is 22.2 Å². The fourth-order valence-corrected chi connectivity index (χ4v) is 5.25. The van der Waals surface area contributed by atoms with E-state index >= 15 is 0 Å². The van der Waals surface area contributed by atoms with Crippen molar-refractivity contribution in [3.63, 3.8) is 0 Å². The third-order valence-electron chi connectivity index (χ3n) is 5.42. The van der Waals surface area contributed by atoms with Crippen molar-refractivity contribution in [1.82, 2.24) is 4.31 Å². The van der Waals surface area contributed by atoms with E-state index in [2.05, 4.69) is 10.6 Å². The lowest BCUT2D eigenvalue weighted by Gasteiger charge is -2.26. The standard InChI is InChI=1S/C22H27FN4O4S/c1-5-27(6-2)32(30,31)15-8-10-20(26(3)4)19(12-15)25-22(29)17-13-21(28)24-18-11-14(23)7-9-16(17)18/h7-12,17H,5-6,13H2,1-4H3,(H,24,28)(H,25,29). The maximum atomic E-state index is 13.6. The van der Waals surface area contributed by atoms with Crippen LogP contribution in [0.15, 0.2) is 41.3 Å². The van der Waals surface area contributed by atoms with Crippen molar-refractivity contribution >= 4 is 38.9 Å². The van der Waals surface area contributed by atoms with Crippen molar-refractivity contribution in [2.45, 2.75) is 31.1 Å². The molecular formula is C22H27FN4O4S. The topological polar surface area (TPSA) is 98.8 Å². The van der Waals surface area contributed by atoms with Gasteiger partial charge in [-0.05, 0) is 35.9 Å². The molecule has 1 unspecified atom stereocenters. The number of hydrogen-bond donors (Lipinski definition) is 2. The average molecular weight is 463 g/mol. The Bertz CT molecular complexity index is 1150. The summed E-state index contributed by atoms with van der Waals surface area (Å²) in [6.45, 7) is 4.15. The molecule has 172 valence electrons. The summed E-state index contributed by atoms with van der Waals surface area (Å²) < 4.78 is 40.9. The molecule has 1 atom stereocenters. The third-order valence-corrected chi connectivity index (χ3v) is 7.47. The molecule has 0 spiro atoms. The maximum absolute atomic E-state index is 13.6. The molecular weight excluding hydrogens is 435 g/mol. The Morgan fingerprint density at radius 3 is 2.47 bits per heavy atom. The number of hydrogen-bond acceptors (Lipinski definition) is 5. The molecule has 3 rings (SSSR count). The lowest BCUT2D eigenvalue weighted by atomic mass is 9.89. The van der Waals surface area contributed by atoms with Crippen molar-refractivity contribution in [2.24, 2.45) is 0 Å². The maximum Gasteiger partial charge on any atom is 0.243 e. The Kier molecular flexibility index (Phi) is 6.85. The molecule has 0 saturated heterocycles. The first-order valence-electron chi connectivity index (χ1n) is 10.3. The summed E-state index contributed by atoms with van der Waals surface area (Å²) in [5.74, 6) is -2.23. The number of nitrogens with zero attached hydrogens (tertiary/aromatic N) is 2. The second-order valence-electron chi connectivity index (χ2n) is 7.69. The van der Waals surface area contributed by atoms with Crippen LogP contribution in [-0.4, -0.2) is 51.7 Å². The summed E-state index contributed by atoms with van der Waals surface area (Å²) in [5, 5.41) is 5.37. The van der Waals surface area contributed by atoms with Gasteiger partial charge in [0.2, 0.25) is 21.8 Å². The monoisotopic (exact) mass is 462 g/mol. The van der Waals surface area contributed by atoms with Crippen LogP contribution >= 0.6 is 0 Å². The number of amides is 2. The first-order valence-corrected chi connectivity index (χ1v) is 11.7. The lowest BCUT2D eigenvalue weighted by molar-refractivity contribution is -0.123. The number of rotatable bonds is 7. The first-order chi connectivity index (χ1) is 15.1. The Morgan fingerprint density at radius 2 is 1.84 bits per heavy atom. The number of sulfonamides is 1. The minimum Gasteiger partial charge on any atom is -0.376 e. The second kappa shape index (κ2) is 9.25. The van der Waals surface area contributed by atoms with Gasteiger partial charge >= 0.3 is 0 Å². The molecule has 0 radical (unpaired) electrons. The van der Waals surface area contributed by atoms with Gasteiger partial charge < -0.3 is 15.5 Å². The molecule has 1 heterocycles. The van der Waals surface area contributed by atoms with Gasteiger partial charge in [-0.15, -0.1) is 0 Å². The van der Waals surface area contributed by atoms with Gasteiger partial charge in [0.15, 0.2) is 0 Å². The zero-order valence-electron chi connectivity index (χ0n) is 18.5. The molecule has 0 saturated carbocycles. The van der Waals surface area contributed by atoms with Crippen LogP contribution in [0.1, 0.15) is 31.7 Å². The molecule has 2 amide bonds. The molecule has 2 aromatic carbocycles. The Morgan fingerprint density at radius 1 is 1.16 bits per heavy atom. The second-order valence-corrected chi connectivity index (χ2v) is 9.63. The molecule has 0 aliphatic carbocycles. The number of halogens is 1.